The molecule has 0 aliphatic rings. The maximum atomic E-state index is 12.0. The lowest BCUT2D eigenvalue weighted by atomic mass is 9.97. The molecule has 3 nitrogen and oxygen atoms in total. The van der Waals surface area contributed by atoms with Gasteiger partial charge in [-0.25, -0.2) is 4.79 Å². The third-order valence-electron chi connectivity index (χ3n) is 3.96. The minimum absolute atomic E-state index is 0.201. The van der Waals surface area contributed by atoms with Gasteiger partial charge in [-0.1, -0.05) is 84.9 Å². The van der Waals surface area contributed by atoms with Gasteiger partial charge in [0.15, 0.2) is 0 Å². The summed E-state index contributed by atoms with van der Waals surface area (Å²) in [4.78, 5) is 12.0. The second kappa shape index (κ2) is 8.15. The van der Waals surface area contributed by atoms with Crippen LogP contribution in [0.3, 0.4) is 0 Å². The summed E-state index contributed by atoms with van der Waals surface area (Å²) in [7, 11) is 0. The molecule has 0 aliphatic heterocycles. The van der Waals surface area contributed by atoms with E-state index in [-0.39, 0.29) is 6.61 Å². The highest BCUT2D eigenvalue weighted by atomic mass is 16.7. The summed E-state index contributed by atoms with van der Waals surface area (Å²) in [6.45, 7) is 2.05. The zero-order valence-corrected chi connectivity index (χ0v) is 14.1. The topological polar surface area (TPSA) is 35.5 Å². The number of rotatable bonds is 5. The van der Waals surface area contributed by atoms with Crippen LogP contribution in [0.15, 0.2) is 84.9 Å². The average Bonchev–Trinajstić information content (AvgIpc) is 2.68. The van der Waals surface area contributed by atoms with E-state index >= 15 is 0 Å². The minimum atomic E-state index is -0.667. The van der Waals surface area contributed by atoms with Crippen molar-refractivity contribution in [2.45, 2.75) is 19.6 Å². The predicted molar refractivity (Wildman–Crippen MR) is 98.0 cm³/mol. The molecule has 3 heteroatoms. The second-order valence-electron chi connectivity index (χ2n) is 5.74. The van der Waals surface area contributed by atoms with Gasteiger partial charge >= 0.3 is 6.16 Å². The Labute approximate surface area is 147 Å². The van der Waals surface area contributed by atoms with E-state index in [1.54, 1.807) is 0 Å². The van der Waals surface area contributed by atoms with Gasteiger partial charge in [-0.15, -0.1) is 0 Å². The minimum Gasteiger partial charge on any atom is -0.429 e. The molecule has 1 unspecified atom stereocenters. The van der Waals surface area contributed by atoms with Gasteiger partial charge < -0.3 is 9.47 Å². The third kappa shape index (κ3) is 4.48. The summed E-state index contributed by atoms with van der Waals surface area (Å²) in [5.41, 5.74) is 4.01. The lowest BCUT2D eigenvalue weighted by molar-refractivity contribution is 0.0241. The van der Waals surface area contributed by atoms with E-state index < -0.39 is 12.3 Å². The molecule has 0 saturated carbocycles. The molecule has 0 radical (unpaired) electrons. The Bertz CT molecular complexity index is 813. The molecule has 0 aromatic heterocycles. The summed E-state index contributed by atoms with van der Waals surface area (Å²) in [5, 5.41) is 0. The quantitative estimate of drug-likeness (QED) is 0.557. The van der Waals surface area contributed by atoms with Crippen molar-refractivity contribution in [2.75, 3.05) is 0 Å². The first kappa shape index (κ1) is 16.8. The summed E-state index contributed by atoms with van der Waals surface area (Å²) in [6.07, 6.45) is -1.07. The monoisotopic (exact) mass is 332 g/mol. The van der Waals surface area contributed by atoms with E-state index in [1.807, 2.05) is 91.9 Å². The van der Waals surface area contributed by atoms with Crippen LogP contribution in [0.25, 0.3) is 11.1 Å². The molecule has 0 aliphatic carbocycles. The van der Waals surface area contributed by atoms with Crippen molar-refractivity contribution in [3.05, 3.63) is 96.1 Å². The van der Waals surface area contributed by atoms with E-state index in [4.69, 9.17) is 9.47 Å². The summed E-state index contributed by atoms with van der Waals surface area (Å²) < 4.78 is 10.7. The molecule has 0 amide bonds. The van der Waals surface area contributed by atoms with Gasteiger partial charge in [0.2, 0.25) is 0 Å². The molecule has 0 saturated heterocycles. The molecule has 3 aromatic carbocycles. The number of carbonyl (C=O) groups is 1. The van der Waals surface area contributed by atoms with Crippen molar-refractivity contribution in [1.82, 2.24) is 0 Å². The van der Waals surface area contributed by atoms with Gasteiger partial charge in [-0.2, -0.15) is 0 Å². The fourth-order valence-electron chi connectivity index (χ4n) is 2.69. The Morgan fingerprint density at radius 2 is 1.44 bits per heavy atom. The highest BCUT2D eigenvalue weighted by Gasteiger charge is 2.16. The molecular weight excluding hydrogens is 312 g/mol. The Balaban J connectivity index is 1.67. The molecule has 1 atom stereocenters. The molecule has 0 fully saturated rings. The first-order valence-corrected chi connectivity index (χ1v) is 8.26. The molecule has 25 heavy (non-hydrogen) atoms. The van der Waals surface area contributed by atoms with Crippen LogP contribution in [0.2, 0.25) is 0 Å². The van der Waals surface area contributed by atoms with Crippen LogP contribution >= 0.6 is 0 Å². The average molecular weight is 332 g/mol. The lowest BCUT2D eigenvalue weighted by Gasteiger charge is -2.17. The fraction of sp³-hybridized carbons (Fsp3) is 0.136. The third-order valence-corrected chi connectivity index (χ3v) is 3.96. The van der Waals surface area contributed by atoms with Crippen LogP contribution in [0, 0.1) is 0 Å². The fourth-order valence-corrected chi connectivity index (χ4v) is 2.69. The summed E-state index contributed by atoms with van der Waals surface area (Å²) in [5.74, 6) is 0. The van der Waals surface area contributed by atoms with Crippen molar-refractivity contribution < 1.29 is 14.3 Å². The van der Waals surface area contributed by atoms with Crippen molar-refractivity contribution in [2.24, 2.45) is 0 Å². The highest BCUT2D eigenvalue weighted by Crippen LogP contribution is 2.30. The Morgan fingerprint density at radius 3 is 2.16 bits per heavy atom. The predicted octanol–water partition coefficient (Wildman–Crippen LogP) is 5.77. The Hall–Kier alpha value is -3.07. The van der Waals surface area contributed by atoms with Crippen LogP contribution in [-0.2, 0) is 16.1 Å². The first-order valence-electron chi connectivity index (χ1n) is 8.26. The molecule has 0 bridgehead atoms. The standard InChI is InChI=1S/C22H20O3/c1-17(25-22(23)24-16-18-10-4-2-5-11-18)20-14-8-9-15-21(20)19-12-6-3-7-13-19/h2-15,17H,16H2,1H3. The molecule has 3 aromatic rings. The summed E-state index contributed by atoms with van der Waals surface area (Å²) in [6, 6.07) is 27.5. The van der Waals surface area contributed by atoms with Crippen LogP contribution in [0.5, 0.6) is 0 Å². The highest BCUT2D eigenvalue weighted by molar-refractivity contribution is 5.68. The zero-order valence-electron chi connectivity index (χ0n) is 14.1. The van der Waals surface area contributed by atoms with Gasteiger partial charge in [0.1, 0.15) is 12.7 Å². The summed E-state index contributed by atoms with van der Waals surface area (Å²) >= 11 is 0. The molecule has 0 spiro atoms. The van der Waals surface area contributed by atoms with E-state index in [2.05, 4.69) is 0 Å². The van der Waals surface area contributed by atoms with E-state index in [0.29, 0.717) is 0 Å². The van der Waals surface area contributed by atoms with E-state index in [0.717, 1.165) is 22.3 Å². The van der Waals surface area contributed by atoms with Gasteiger partial charge in [-0.05, 0) is 23.6 Å². The number of hydrogen-bond donors (Lipinski definition) is 0. The van der Waals surface area contributed by atoms with Crippen molar-refractivity contribution in [3.8, 4) is 11.1 Å². The molecule has 3 rings (SSSR count). The second-order valence-corrected chi connectivity index (χ2v) is 5.74. The number of benzene rings is 3. The Morgan fingerprint density at radius 1 is 0.840 bits per heavy atom. The normalized spacial score (nSPS) is 11.6. The van der Waals surface area contributed by atoms with Crippen molar-refractivity contribution >= 4 is 6.16 Å². The maximum absolute atomic E-state index is 12.0. The molecule has 126 valence electrons. The molecular formula is C22H20O3. The zero-order chi connectivity index (χ0) is 17.5. The number of hydrogen-bond acceptors (Lipinski definition) is 3. The van der Waals surface area contributed by atoms with Crippen LogP contribution in [-0.4, -0.2) is 6.16 Å². The van der Waals surface area contributed by atoms with Crippen molar-refractivity contribution in [3.63, 3.8) is 0 Å². The smallest absolute Gasteiger partial charge is 0.429 e. The molecule has 0 N–H and O–H groups in total. The van der Waals surface area contributed by atoms with Gasteiger partial charge in [-0.3, -0.25) is 0 Å². The first-order chi connectivity index (χ1) is 12.2. The number of ether oxygens (including phenoxy) is 2. The maximum Gasteiger partial charge on any atom is 0.509 e. The van der Waals surface area contributed by atoms with Gasteiger partial charge in [0.05, 0.1) is 0 Å². The van der Waals surface area contributed by atoms with Crippen LogP contribution in [0.4, 0.5) is 4.79 Å². The van der Waals surface area contributed by atoms with E-state index in [1.165, 1.54) is 0 Å². The lowest BCUT2D eigenvalue weighted by Crippen LogP contribution is -2.11. The largest absolute Gasteiger partial charge is 0.509 e. The molecule has 0 heterocycles. The Kier molecular flexibility index (Phi) is 5.47. The van der Waals surface area contributed by atoms with Crippen molar-refractivity contribution in [1.29, 1.82) is 0 Å². The SMILES string of the molecule is CC(OC(=O)OCc1ccccc1)c1ccccc1-c1ccccc1. The van der Waals surface area contributed by atoms with Gasteiger partial charge in [0, 0.05) is 5.56 Å². The van der Waals surface area contributed by atoms with Crippen LogP contribution < -0.4 is 0 Å². The van der Waals surface area contributed by atoms with Crippen LogP contribution in [0.1, 0.15) is 24.2 Å². The number of carbonyl (C=O) groups excluding carboxylic acids is 1. The van der Waals surface area contributed by atoms with Gasteiger partial charge in [0.25, 0.3) is 0 Å². The van der Waals surface area contributed by atoms with E-state index in [9.17, 15) is 4.79 Å².